The van der Waals surface area contributed by atoms with Gasteiger partial charge in [-0.1, -0.05) is 30.3 Å². The molecule has 0 fully saturated rings. The zero-order valence-corrected chi connectivity index (χ0v) is 16.1. The van der Waals surface area contributed by atoms with Crippen molar-refractivity contribution in [2.45, 2.75) is 19.8 Å². The Bertz CT molecular complexity index is 606. The van der Waals surface area contributed by atoms with E-state index >= 15 is 0 Å². The number of amides is 1. The topological polar surface area (TPSA) is 58.4 Å². The summed E-state index contributed by atoms with van der Waals surface area (Å²) in [7, 11) is 0. The molecule has 2 rings (SSSR count). The zero-order valence-electron chi connectivity index (χ0n) is 14.5. The van der Waals surface area contributed by atoms with Gasteiger partial charge in [0.05, 0.1) is 6.42 Å². The summed E-state index contributed by atoms with van der Waals surface area (Å²) in [6.07, 6.45) is 1.33. The van der Waals surface area contributed by atoms with Gasteiger partial charge < -0.3 is 16.0 Å². The number of benzene rings is 2. The Morgan fingerprint density at radius 2 is 1.68 bits per heavy atom. The fourth-order valence-electron chi connectivity index (χ4n) is 2.49. The van der Waals surface area contributed by atoms with Gasteiger partial charge in [0.25, 0.3) is 0 Å². The molecule has 25 heavy (non-hydrogen) atoms. The molecule has 0 spiro atoms. The third-order valence-corrected chi connectivity index (χ3v) is 3.77. The average Bonchev–Trinajstić information content (AvgIpc) is 2.58. The highest BCUT2D eigenvalue weighted by molar-refractivity contribution is 5.85. The Kier molecular flexibility index (Phi) is 11.5. The number of nitrogens with one attached hydrogen (secondary N) is 1. The minimum atomic E-state index is 0. The minimum absolute atomic E-state index is 0. The highest BCUT2D eigenvalue weighted by Gasteiger charge is 2.05. The summed E-state index contributed by atoms with van der Waals surface area (Å²) in [5.41, 5.74) is 8.57. The number of nitrogens with zero attached hydrogens (tertiary/aromatic N) is 1. The van der Waals surface area contributed by atoms with Gasteiger partial charge in [0.15, 0.2) is 0 Å². The van der Waals surface area contributed by atoms with Crippen molar-refractivity contribution >= 4 is 42.1 Å². The Labute approximate surface area is 162 Å². The van der Waals surface area contributed by atoms with Crippen LogP contribution in [0.5, 0.6) is 0 Å². The third-order valence-electron chi connectivity index (χ3n) is 3.77. The molecular formula is C19H27Cl2N3O. The third kappa shape index (κ3) is 8.14. The van der Waals surface area contributed by atoms with E-state index in [9.17, 15) is 4.79 Å². The van der Waals surface area contributed by atoms with E-state index in [1.807, 2.05) is 42.5 Å². The number of nitrogens with two attached hydrogens (primary N) is 1. The summed E-state index contributed by atoms with van der Waals surface area (Å²) < 4.78 is 0. The smallest absolute Gasteiger partial charge is 0.224 e. The number of halogens is 2. The molecule has 0 heterocycles. The van der Waals surface area contributed by atoms with E-state index in [-0.39, 0.29) is 30.7 Å². The molecule has 0 bridgehead atoms. The van der Waals surface area contributed by atoms with Crippen molar-refractivity contribution in [1.29, 1.82) is 0 Å². The summed E-state index contributed by atoms with van der Waals surface area (Å²) in [6, 6.07) is 17.8. The lowest BCUT2D eigenvalue weighted by atomic mass is 10.1. The predicted octanol–water partition coefficient (Wildman–Crippen LogP) is 3.69. The monoisotopic (exact) mass is 383 g/mol. The Morgan fingerprint density at radius 1 is 1.04 bits per heavy atom. The summed E-state index contributed by atoms with van der Waals surface area (Å²) in [6.45, 7) is 4.73. The Hall–Kier alpha value is -1.91. The number of hydrogen-bond donors (Lipinski definition) is 2. The van der Waals surface area contributed by atoms with E-state index in [2.05, 4.69) is 29.3 Å². The van der Waals surface area contributed by atoms with E-state index in [0.29, 0.717) is 13.0 Å². The summed E-state index contributed by atoms with van der Waals surface area (Å²) in [4.78, 5) is 14.2. The second-order valence-corrected chi connectivity index (χ2v) is 5.54. The number of hydrogen-bond acceptors (Lipinski definition) is 3. The van der Waals surface area contributed by atoms with Gasteiger partial charge in [-0.05, 0) is 43.2 Å². The van der Waals surface area contributed by atoms with Crippen LogP contribution in [-0.4, -0.2) is 25.5 Å². The van der Waals surface area contributed by atoms with Gasteiger partial charge >= 0.3 is 0 Å². The van der Waals surface area contributed by atoms with Crippen LogP contribution >= 0.6 is 24.8 Å². The van der Waals surface area contributed by atoms with Crippen molar-refractivity contribution < 1.29 is 4.79 Å². The Balaban J connectivity index is 0.00000288. The van der Waals surface area contributed by atoms with Crippen LogP contribution in [0.4, 0.5) is 11.4 Å². The number of para-hydroxylation sites is 1. The molecule has 2 aromatic rings. The Morgan fingerprint density at radius 3 is 2.28 bits per heavy atom. The first-order valence-electron chi connectivity index (χ1n) is 8.10. The van der Waals surface area contributed by atoms with E-state index in [1.54, 1.807) is 0 Å². The van der Waals surface area contributed by atoms with Crippen LogP contribution in [0.1, 0.15) is 18.9 Å². The van der Waals surface area contributed by atoms with Crippen molar-refractivity contribution in [1.82, 2.24) is 5.32 Å². The molecule has 0 atom stereocenters. The number of carbonyl (C=O) groups excluding carboxylic acids is 1. The van der Waals surface area contributed by atoms with Gasteiger partial charge in [0.1, 0.15) is 0 Å². The van der Waals surface area contributed by atoms with Gasteiger partial charge in [-0.3, -0.25) is 4.79 Å². The fourth-order valence-corrected chi connectivity index (χ4v) is 2.49. The van der Waals surface area contributed by atoms with Crippen molar-refractivity contribution in [3.63, 3.8) is 0 Å². The van der Waals surface area contributed by atoms with Gasteiger partial charge in [0.2, 0.25) is 5.91 Å². The maximum absolute atomic E-state index is 11.9. The van der Waals surface area contributed by atoms with Gasteiger partial charge in [0, 0.05) is 31.0 Å². The summed E-state index contributed by atoms with van der Waals surface area (Å²) >= 11 is 0. The molecule has 2 aromatic carbocycles. The van der Waals surface area contributed by atoms with E-state index < -0.39 is 0 Å². The van der Waals surface area contributed by atoms with Crippen molar-refractivity contribution in [3.05, 3.63) is 60.2 Å². The maximum atomic E-state index is 11.9. The van der Waals surface area contributed by atoms with Gasteiger partial charge in [-0.15, -0.1) is 24.8 Å². The first-order valence-corrected chi connectivity index (χ1v) is 8.10. The molecule has 4 nitrogen and oxygen atoms in total. The lowest BCUT2D eigenvalue weighted by Crippen LogP contribution is -2.30. The molecule has 0 aliphatic rings. The summed E-state index contributed by atoms with van der Waals surface area (Å²) in [5.74, 6) is 0.0533. The molecule has 0 saturated heterocycles. The summed E-state index contributed by atoms with van der Waals surface area (Å²) in [5, 5.41) is 2.98. The first kappa shape index (κ1) is 23.1. The van der Waals surface area contributed by atoms with Crippen LogP contribution < -0.4 is 16.0 Å². The molecule has 0 unspecified atom stereocenters. The van der Waals surface area contributed by atoms with Crippen LogP contribution in [0.25, 0.3) is 0 Å². The van der Waals surface area contributed by atoms with Gasteiger partial charge in [-0.2, -0.15) is 0 Å². The van der Waals surface area contributed by atoms with Crippen molar-refractivity contribution in [2.24, 2.45) is 0 Å². The largest absolute Gasteiger partial charge is 0.399 e. The molecule has 0 aliphatic carbocycles. The first-order chi connectivity index (χ1) is 11.2. The average molecular weight is 384 g/mol. The zero-order chi connectivity index (χ0) is 16.5. The molecule has 0 radical (unpaired) electrons. The van der Waals surface area contributed by atoms with E-state index in [1.165, 1.54) is 5.69 Å². The highest BCUT2D eigenvalue weighted by Crippen LogP contribution is 2.12. The number of carbonyl (C=O) groups is 1. The maximum Gasteiger partial charge on any atom is 0.224 e. The van der Waals surface area contributed by atoms with Crippen LogP contribution in [0.2, 0.25) is 0 Å². The standard InChI is InChI=1S/C19H25N3O.2ClH/c1-2-22(18-7-4-3-5-8-18)14-6-13-21-19(23)15-16-9-11-17(20)12-10-16;;/h3-5,7-12H,2,6,13-15,20H2,1H3,(H,21,23);2*1H. The molecule has 3 N–H and O–H groups in total. The second kappa shape index (κ2) is 12.5. The van der Waals surface area contributed by atoms with E-state index in [4.69, 9.17) is 5.73 Å². The molecule has 0 saturated carbocycles. The normalized spacial score (nSPS) is 9.48. The minimum Gasteiger partial charge on any atom is -0.399 e. The molecule has 1 amide bonds. The van der Waals surface area contributed by atoms with Crippen LogP contribution in [0.3, 0.4) is 0 Å². The molecule has 0 aliphatic heterocycles. The lowest BCUT2D eigenvalue weighted by molar-refractivity contribution is -0.120. The molecule has 6 heteroatoms. The number of anilines is 2. The van der Waals surface area contributed by atoms with E-state index in [0.717, 1.165) is 30.8 Å². The lowest BCUT2D eigenvalue weighted by Gasteiger charge is -2.23. The van der Waals surface area contributed by atoms with Crippen LogP contribution in [0.15, 0.2) is 54.6 Å². The van der Waals surface area contributed by atoms with Gasteiger partial charge in [-0.25, -0.2) is 0 Å². The quantitative estimate of drug-likeness (QED) is 0.539. The molecule has 138 valence electrons. The predicted molar refractivity (Wildman–Crippen MR) is 111 cm³/mol. The second-order valence-electron chi connectivity index (χ2n) is 5.54. The SMILES string of the molecule is CCN(CCCNC(=O)Cc1ccc(N)cc1)c1ccccc1.Cl.Cl. The van der Waals surface area contributed by atoms with Crippen molar-refractivity contribution in [2.75, 3.05) is 30.3 Å². The number of nitrogen functional groups attached to an aromatic ring is 1. The highest BCUT2D eigenvalue weighted by atomic mass is 35.5. The van der Waals surface area contributed by atoms with Crippen LogP contribution in [0, 0.1) is 0 Å². The fraction of sp³-hybridized carbons (Fsp3) is 0.316. The van der Waals surface area contributed by atoms with Crippen LogP contribution in [-0.2, 0) is 11.2 Å². The number of rotatable bonds is 8. The molecule has 0 aromatic heterocycles. The van der Waals surface area contributed by atoms with Crippen molar-refractivity contribution in [3.8, 4) is 0 Å². The molecular weight excluding hydrogens is 357 g/mol.